The van der Waals surface area contributed by atoms with E-state index < -0.39 is 0 Å². The van der Waals surface area contributed by atoms with Crippen molar-refractivity contribution in [1.29, 1.82) is 0 Å². The molecular formula is C9H10ClN. The first kappa shape index (κ1) is 7.11. The van der Waals surface area contributed by atoms with E-state index in [0.29, 0.717) is 5.88 Å². The van der Waals surface area contributed by atoms with Crippen LogP contribution in [0.4, 0.5) is 0 Å². The Kier molecular flexibility index (Phi) is 1.82. The molecule has 0 aliphatic heterocycles. The molecule has 1 aromatic heterocycles. The molecule has 58 valence electrons. The average Bonchev–Trinajstić information content (AvgIpc) is 2.87. The minimum atomic E-state index is 0.528. The van der Waals surface area contributed by atoms with Crippen LogP contribution in [0, 0.1) is 0 Å². The minimum Gasteiger partial charge on any atom is -0.260 e. The smallest absolute Gasteiger partial charge is 0.0647 e. The van der Waals surface area contributed by atoms with Gasteiger partial charge in [0.1, 0.15) is 0 Å². The van der Waals surface area contributed by atoms with Gasteiger partial charge in [-0.2, -0.15) is 0 Å². The molecule has 1 saturated carbocycles. The zero-order chi connectivity index (χ0) is 7.68. The van der Waals surface area contributed by atoms with Crippen LogP contribution in [0.25, 0.3) is 0 Å². The van der Waals surface area contributed by atoms with Crippen molar-refractivity contribution in [1.82, 2.24) is 4.98 Å². The Hall–Kier alpha value is -0.560. The molecule has 1 heterocycles. The van der Waals surface area contributed by atoms with Gasteiger partial charge in [0.25, 0.3) is 0 Å². The van der Waals surface area contributed by atoms with E-state index in [-0.39, 0.29) is 0 Å². The van der Waals surface area contributed by atoms with Gasteiger partial charge in [-0.3, -0.25) is 4.98 Å². The maximum Gasteiger partial charge on any atom is 0.0647 e. The molecule has 0 aromatic carbocycles. The summed E-state index contributed by atoms with van der Waals surface area (Å²) >= 11 is 5.66. The van der Waals surface area contributed by atoms with Crippen LogP contribution < -0.4 is 0 Å². The first-order chi connectivity index (χ1) is 5.40. The Balaban J connectivity index is 2.26. The maximum absolute atomic E-state index is 5.66. The highest BCUT2D eigenvalue weighted by Gasteiger charge is 2.23. The minimum absolute atomic E-state index is 0.528. The molecule has 1 aliphatic rings. The standard InChI is InChI=1S/C9H10ClN/c10-6-9-5-8(3-4-11-9)7-1-2-7/h3-5,7H,1-2,6H2. The number of nitrogens with zero attached hydrogens (tertiary/aromatic N) is 1. The van der Waals surface area contributed by atoms with Gasteiger partial charge in [0.15, 0.2) is 0 Å². The van der Waals surface area contributed by atoms with Gasteiger partial charge in [0, 0.05) is 6.20 Å². The van der Waals surface area contributed by atoms with Crippen LogP contribution in [0.5, 0.6) is 0 Å². The van der Waals surface area contributed by atoms with E-state index in [1.807, 2.05) is 6.20 Å². The lowest BCUT2D eigenvalue weighted by Crippen LogP contribution is -1.87. The van der Waals surface area contributed by atoms with E-state index in [1.165, 1.54) is 18.4 Å². The number of rotatable bonds is 2. The lowest BCUT2D eigenvalue weighted by Gasteiger charge is -1.98. The SMILES string of the molecule is ClCc1cc(C2CC2)ccn1. The molecule has 0 radical (unpaired) electrons. The first-order valence-electron chi connectivity index (χ1n) is 3.91. The second-order valence-electron chi connectivity index (χ2n) is 2.99. The average molecular weight is 168 g/mol. The van der Waals surface area contributed by atoms with Gasteiger partial charge in [-0.1, -0.05) is 0 Å². The summed E-state index contributed by atoms with van der Waals surface area (Å²) in [5.74, 6) is 1.33. The second-order valence-corrected chi connectivity index (χ2v) is 3.26. The van der Waals surface area contributed by atoms with Crippen molar-refractivity contribution in [3.8, 4) is 0 Å². The summed E-state index contributed by atoms with van der Waals surface area (Å²) in [5, 5.41) is 0. The van der Waals surface area contributed by atoms with E-state index >= 15 is 0 Å². The normalized spacial score (nSPS) is 16.8. The number of aromatic nitrogens is 1. The number of alkyl halides is 1. The summed E-state index contributed by atoms with van der Waals surface area (Å²) in [5.41, 5.74) is 2.41. The molecule has 0 spiro atoms. The number of hydrogen-bond donors (Lipinski definition) is 0. The largest absolute Gasteiger partial charge is 0.260 e. The molecule has 1 aliphatic carbocycles. The van der Waals surface area contributed by atoms with E-state index in [0.717, 1.165) is 11.6 Å². The van der Waals surface area contributed by atoms with Crippen molar-refractivity contribution in [3.63, 3.8) is 0 Å². The molecule has 0 N–H and O–H groups in total. The van der Waals surface area contributed by atoms with Crippen LogP contribution in [0.1, 0.15) is 30.0 Å². The summed E-state index contributed by atoms with van der Waals surface area (Å²) in [6.07, 6.45) is 4.53. The quantitative estimate of drug-likeness (QED) is 0.618. The van der Waals surface area contributed by atoms with E-state index in [2.05, 4.69) is 17.1 Å². The molecule has 0 unspecified atom stereocenters. The van der Waals surface area contributed by atoms with E-state index in [9.17, 15) is 0 Å². The predicted molar refractivity (Wildman–Crippen MR) is 45.8 cm³/mol. The fraction of sp³-hybridized carbons (Fsp3) is 0.444. The third-order valence-electron chi connectivity index (χ3n) is 2.03. The fourth-order valence-electron chi connectivity index (χ4n) is 1.24. The summed E-state index contributed by atoms with van der Waals surface area (Å²) in [4.78, 5) is 4.14. The lowest BCUT2D eigenvalue weighted by atomic mass is 10.1. The highest BCUT2D eigenvalue weighted by molar-refractivity contribution is 6.16. The van der Waals surface area contributed by atoms with Crippen LogP contribution in [-0.2, 0) is 5.88 Å². The number of halogens is 1. The van der Waals surface area contributed by atoms with Crippen LogP contribution in [0.15, 0.2) is 18.3 Å². The van der Waals surface area contributed by atoms with Gasteiger partial charge in [-0.05, 0) is 36.5 Å². The highest BCUT2D eigenvalue weighted by atomic mass is 35.5. The third kappa shape index (κ3) is 1.54. The number of hydrogen-bond acceptors (Lipinski definition) is 1. The van der Waals surface area contributed by atoms with Gasteiger partial charge in [0.05, 0.1) is 11.6 Å². The van der Waals surface area contributed by atoms with Crippen molar-refractivity contribution < 1.29 is 0 Å². The molecular weight excluding hydrogens is 158 g/mol. The van der Waals surface area contributed by atoms with Crippen molar-refractivity contribution >= 4 is 11.6 Å². The molecule has 0 amide bonds. The monoisotopic (exact) mass is 167 g/mol. The van der Waals surface area contributed by atoms with Crippen LogP contribution >= 0.6 is 11.6 Å². The van der Waals surface area contributed by atoms with Crippen LogP contribution in [-0.4, -0.2) is 4.98 Å². The first-order valence-corrected chi connectivity index (χ1v) is 4.44. The predicted octanol–water partition coefficient (Wildman–Crippen LogP) is 2.70. The van der Waals surface area contributed by atoms with Crippen molar-refractivity contribution in [2.24, 2.45) is 0 Å². The Bertz CT molecular complexity index is 255. The van der Waals surface area contributed by atoms with E-state index in [1.54, 1.807) is 0 Å². The lowest BCUT2D eigenvalue weighted by molar-refractivity contribution is 1.07. The van der Waals surface area contributed by atoms with Gasteiger partial charge in [0.2, 0.25) is 0 Å². The maximum atomic E-state index is 5.66. The molecule has 0 bridgehead atoms. The Morgan fingerprint density at radius 3 is 3.00 bits per heavy atom. The van der Waals surface area contributed by atoms with E-state index in [4.69, 9.17) is 11.6 Å². The number of pyridine rings is 1. The Labute approximate surface area is 71.4 Å². The fourth-order valence-corrected chi connectivity index (χ4v) is 1.39. The molecule has 1 aromatic rings. The molecule has 0 atom stereocenters. The summed E-state index contributed by atoms with van der Waals surface area (Å²) < 4.78 is 0. The Morgan fingerprint density at radius 1 is 1.55 bits per heavy atom. The zero-order valence-corrected chi connectivity index (χ0v) is 7.01. The highest BCUT2D eigenvalue weighted by Crippen LogP contribution is 2.39. The van der Waals surface area contributed by atoms with Gasteiger partial charge in [-0.25, -0.2) is 0 Å². The summed E-state index contributed by atoms with van der Waals surface area (Å²) in [6.45, 7) is 0. The molecule has 1 nitrogen and oxygen atoms in total. The van der Waals surface area contributed by atoms with Crippen molar-refractivity contribution in [2.75, 3.05) is 0 Å². The molecule has 1 fully saturated rings. The van der Waals surface area contributed by atoms with Gasteiger partial charge < -0.3 is 0 Å². The van der Waals surface area contributed by atoms with Crippen LogP contribution in [0.2, 0.25) is 0 Å². The molecule has 2 heteroatoms. The van der Waals surface area contributed by atoms with Crippen molar-refractivity contribution in [3.05, 3.63) is 29.6 Å². The third-order valence-corrected chi connectivity index (χ3v) is 2.30. The topological polar surface area (TPSA) is 12.9 Å². The van der Waals surface area contributed by atoms with Crippen LogP contribution in [0.3, 0.4) is 0 Å². The van der Waals surface area contributed by atoms with Gasteiger partial charge in [-0.15, -0.1) is 11.6 Å². The summed E-state index contributed by atoms with van der Waals surface area (Å²) in [7, 11) is 0. The van der Waals surface area contributed by atoms with Crippen molar-refractivity contribution in [2.45, 2.75) is 24.6 Å². The Morgan fingerprint density at radius 2 is 2.36 bits per heavy atom. The zero-order valence-electron chi connectivity index (χ0n) is 6.26. The molecule has 11 heavy (non-hydrogen) atoms. The molecule has 2 rings (SSSR count). The summed E-state index contributed by atoms with van der Waals surface area (Å²) in [6, 6.07) is 4.21. The second kappa shape index (κ2) is 2.82. The van der Waals surface area contributed by atoms with Gasteiger partial charge >= 0.3 is 0 Å². The molecule has 0 saturated heterocycles.